The molecule has 0 amide bonds. The van der Waals surface area contributed by atoms with Crippen molar-refractivity contribution in [2.75, 3.05) is 31.0 Å². The SMILES string of the molecule is CC1CCN(S(=O)(=O)CS(C)(=O)=O)CC1CN. The van der Waals surface area contributed by atoms with Crippen molar-refractivity contribution in [3.05, 3.63) is 0 Å². The molecule has 0 radical (unpaired) electrons. The third kappa shape index (κ3) is 4.20. The van der Waals surface area contributed by atoms with Crippen LogP contribution in [0.3, 0.4) is 0 Å². The van der Waals surface area contributed by atoms with E-state index in [4.69, 9.17) is 5.73 Å². The molecule has 2 atom stereocenters. The van der Waals surface area contributed by atoms with Crippen LogP contribution < -0.4 is 5.73 Å². The van der Waals surface area contributed by atoms with Crippen LogP contribution in [-0.4, -0.2) is 52.1 Å². The maximum Gasteiger partial charge on any atom is 0.228 e. The van der Waals surface area contributed by atoms with Gasteiger partial charge in [0.2, 0.25) is 10.0 Å². The van der Waals surface area contributed by atoms with E-state index >= 15 is 0 Å². The first-order chi connectivity index (χ1) is 7.65. The molecule has 2 N–H and O–H groups in total. The number of piperidine rings is 1. The molecule has 1 rings (SSSR count). The molecular weight excluding hydrogens is 264 g/mol. The van der Waals surface area contributed by atoms with Crippen molar-refractivity contribution in [3.8, 4) is 0 Å². The smallest absolute Gasteiger partial charge is 0.228 e. The monoisotopic (exact) mass is 284 g/mol. The zero-order valence-corrected chi connectivity index (χ0v) is 11.8. The van der Waals surface area contributed by atoms with Gasteiger partial charge in [0.1, 0.15) is 0 Å². The number of hydrogen-bond donors (Lipinski definition) is 1. The van der Waals surface area contributed by atoms with Gasteiger partial charge in [-0.05, 0) is 24.8 Å². The second-order valence-corrected chi connectivity index (χ2v) is 9.25. The highest BCUT2D eigenvalue weighted by atomic mass is 32.3. The van der Waals surface area contributed by atoms with E-state index in [2.05, 4.69) is 0 Å². The highest BCUT2D eigenvalue weighted by molar-refractivity contribution is 8.06. The molecule has 1 saturated heterocycles. The van der Waals surface area contributed by atoms with E-state index in [1.54, 1.807) is 0 Å². The van der Waals surface area contributed by atoms with Crippen LogP contribution in [0.25, 0.3) is 0 Å². The van der Waals surface area contributed by atoms with Gasteiger partial charge >= 0.3 is 0 Å². The van der Waals surface area contributed by atoms with Crippen molar-refractivity contribution in [3.63, 3.8) is 0 Å². The fourth-order valence-electron chi connectivity index (χ4n) is 2.02. The molecule has 1 fully saturated rings. The van der Waals surface area contributed by atoms with Crippen molar-refractivity contribution in [2.45, 2.75) is 13.3 Å². The molecule has 2 unspecified atom stereocenters. The van der Waals surface area contributed by atoms with Crippen molar-refractivity contribution < 1.29 is 16.8 Å². The fourth-order valence-corrected chi connectivity index (χ4v) is 5.58. The Kier molecular flexibility index (Phi) is 4.56. The van der Waals surface area contributed by atoms with Gasteiger partial charge < -0.3 is 5.73 Å². The summed E-state index contributed by atoms with van der Waals surface area (Å²) in [5, 5.41) is -0.814. The summed E-state index contributed by atoms with van der Waals surface area (Å²) >= 11 is 0. The highest BCUT2D eigenvalue weighted by Crippen LogP contribution is 2.24. The maximum atomic E-state index is 11.9. The van der Waals surface area contributed by atoms with Crippen LogP contribution in [0.1, 0.15) is 13.3 Å². The van der Waals surface area contributed by atoms with Gasteiger partial charge in [0.25, 0.3) is 0 Å². The average Bonchev–Trinajstić information content (AvgIpc) is 2.14. The summed E-state index contributed by atoms with van der Waals surface area (Å²) in [4.78, 5) is 0. The predicted molar refractivity (Wildman–Crippen MR) is 66.5 cm³/mol. The van der Waals surface area contributed by atoms with Gasteiger partial charge in [-0.15, -0.1) is 0 Å². The van der Waals surface area contributed by atoms with E-state index < -0.39 is 24.9 Å². The van der Waals surface area contributed by atoms with Crippen LogP contribution in [-0.2, 0) is 19.9 Å². The highest BCUT2D eigenvalue weighted by Gasteiger charge is 2.33. The topological polar surface area (TPSA) is 97.5 Å². The van der Waals surface area contributed by atoms with Crippen molar-refractivity contribution in [1.29, 1.82) is 0 Å². The van der Waals surface area contributed by atoms with Crippen LogP contribution in [0, 0.1) is 11.8 Å². The number of nitrogens with zero attached hydrogens (tertiary/aromatic N) is 1. The van der Waals surface area contributed by atoms with E-state index in [0.717, 1.165) is 12.7 Å². The second kappa shape index (κ2) is 5.21. The first-order valence-electron chi connectivity index (χ1n) is 5.51. The van der Waals surface area contributed by atoms with E-state index in [-0.39, 0.29) is 5.92 Å². The zero-order valence-electron chi connectivity index (χ0n) is 10.2. The number of sulfonamides is 1. The van der Waals surface area contributed by atoms with Gasteiger partial charge in [0.05, 0.1) is 0 Å². The zero-order chi connectivity index (χ0) is 13.3. The molecule has 0 aromatic heterocycles. The predicted octanol–water partition coefficient (Wildman–Crippen LogP) is -0.765. The Morgan fingerprint density at radius 3 is 2.35 bits per heavy atom. The molecule has 0 aromatic rings. The summed E-state index contributed by atoms with van der Waals surface area (Å²) in [6.45, 7) is 3.18. The Balaban J connectivity index is 2.80. The second-order valence-electron chi connectivity index (χ2n) is 4.78. The third-order valence-electron chi connectivity index (χ3n) is 3.14. The number of nitrogens with two attached hydrogens (primary N) is 1. The molecule has 0 aliphatic carbocycles. The number of sulfone groups is 1. The normalized spacial score (nSPS) is 28.2. The standard InChI is InChI=1S/C9H20N2O4S2/c1-8-3-4-11(6-9(8)5-10)17(14,15)7-16(2,12)13/h8-9H,3-7,10H2,1-2H3. The number of rotatable bonds is 4. The summed E-state index contributed by atoms with van der Waals surface area (Å²) in [6, 6.07) is 0. The summed E-state index contributed by atoms with van der Waals surface area (Å²) in [5.74, 6) is 0.489. The van der Waals surface area contributed by atoms with Crippen LogP contribution in [0.15, 0.2) is 0 Å². The first kappa shape index (κ1) is 14.9. The molecule has 0 spiro atoms. The quantitative estimate of drug-likeness (QED) is 0.731. The van der Waals surface area contributed by atoms with E-state index in [9.17, 15) is 16.8 Å². The van der Waals surface area contributed by atoms with Crippen LogP contribution in [0.5, 0.6) is 0 Å². The summed E-state index contributed by atoms with van der Waals surface area (Å²) < 4.78 is 47.2. The minimum Gasteiger partial charge on any atom is -0.330 e. The largest absolute Gasteiger partial charge is 0.330 e. The summed E-state index contributed by atoms with van der Waals surface area (Å²) in [5.41, 5.74) is 5.59. The number of hydrogen-bond acceptors (Lipinski definition) is 5. The lowest BCUT2D eigenvalue weighted by Crippen LogP contribution is -2.46. The van der Waals surface area contributed by atoms with Gasteiger partial charge in [-0.1, -0.05) is 6.92 Å². The summed E-state index contributed by atoms with van der Waals surface area (Å²) in [6.07, 6.45) is 1.66. The molecule has 0 bridgehead atoms. The molecule has 17 heavy (non-hydrogen) atoms. The Labute approximate surface area is 103 Å². The molecule has 1 aliphatic rings. The minimum atomic E-state index is -3.72. The molecule has 0 aromatic carbocycles. The lowest BCUT2D eigenvalue weighted by molar-refractivity contribution is 0.204. The van der Waals surface area contributed by atoms with Crippen LogP contribution >= 0.6 is 0 Å². The molecule has 0 saturated carbocycles. The van der Waals surface area contributed by atoms with Crippen LogP contribution in [0.2, 0.25) is 0 Å². The molecule has 1 heterocycles. The Morgan fingerprint density at radius 2 is 1.88 bits per heavy atom. The van der Waals surface area contributed by atoms with Gasteiger partial charge in [0, 0.05) is 19.3 Å². The van der Waals surface area contributed by atoms with Crippen molar-refractivity contribution in [1.82, 2.24) is 4.31 Å². The van der Waals surface area contributed by atoms with E-state index in [1.807, 2.05) is 6.92 Å². The lowest BCUT2D eigenvalue weighted by Gasteiger charge is -2.35. The summed E-state index contributed by atoms with van der Waals surface area (Å²) in [7, 11) is -7.25. The Bertz CT molecular complexity index is 457. The molecule has 6 nitrogen and oxygen atoms in total. The molecule has 1 aliphatic heterocycles. The lowest BCUT2D eigenvalue weighted by atomic mass is 9.88. The molecule has 8 heteroatoms. The third-order valence-corrected chi connectivity index (χ3v) is 7.16. The molecular formula is C9H20N2O4S2. The Morgan fingerprint density at radius 1 is 1.29 bits per heavy atom. The molecule has 102 valence electrons. The van der Waals surface area contributed by atoms with E-state index in [0.29, 0.717) is 25.6 Å². The van der Waals surface area contributed by atoms with Gasteiger partial charge in [-0.3, -0.25) is 0 Å². The fraction of sp³-hybridized carbons (Fsp3) is 1.00. The average molecular weight is 284 g/mol. The first-order valence-corrected chi connectivity index (χ1v) is 9.18. The Hall–Kier alpha value is -0.180. The van der Waals surface area contributed by atoms with Gasteiger partial charge in [-0.25, -0.2) is 21.1 Å². The van der Waals surface area contributed by atoms with Gasteiger partial charge in [-0.2, -0.15) is 0 Å². The van der Waals surface area contributed by atoms with Gasteiger partial charge in [0.15, 0.2) is 14.9 Å². The van der Waals surface area contributed by atoms with Crippen molar-refractivity contribution in [2.24, 2.45) is 17.6 Å². The van der Waals surface area contributed by atoms with Crippen molar-refractivity contribution >= 4 is 19.9 Å². The van der Waals surface area contributed by atoms with E-state index in [1.165, 1.54) is 4.31 Å². The minimum absolute atomic E-state index is 0.109. The van der Waals surface area contributed by atoms with Crippen LogP contribution in [0.4, 0.5) is 0 Å². The maximum absolute atomic E-state index is 11.9.